The van der Waals surface area contributed by atoms with E-state index in [1.807, 2.05) is 18.0 Å². The summed E-state index contributed by atoms with van der Waals surface area (Å²) in [6.45, 7) is 11.3. The van der Waals surface area contributed by atoms with Gasteiger partial charge in [0.05, 0.1) is 40.2 Å². The van der Waals surface area contributed by atoms with Crippen molar-refractivity contribution in [1.82, 2.24) is 19.8 Å². The van der Waals surface area contributed by atoms with Gasteiger partial charge in [-0.25, -0.2) is 14.4 Å². The molecule has 4 N–H and O–H groups in total. The highest BCUT2D eigenvalue weighted by molar-refractivity contribution is 6.04. The Bertz CT molecular complexity index is 1480. The third kappa shape index (κ3) is 4.15. The number of nitrogens with two attached hydrogens (primary N) is 1. The zero-order chi connectivity index (χ0) is 26.3. The number of allylic oxidation sites excluding steroid dienone is 2. The van der Waals surface area contributed by atoms with Crippen LogP contribution in [0.25, 0.3) is 11.0 Å². The lowest BCUT2D eigenvalue weighted by Gasteiger charge is -2.34. The van der Waals surface area contributed by atoms with Gasteiger partial charge in [-0.1, -0.05) is 25.3 Å². The topological polar surface area (TPSA) is 132 Å². The van der Waals surface area contributed by atoms with Crippen LogP contribution in [0.3, 0.4) is 0 Å². The Labute approximate surface area is 214 Å². The Hall–Kier alpha value is -4.41. The first kappa shape index (κ1) is 24.3. The van der Waals surface area contributed by atoms with E-state index in [0.717, 1.165) is 36.2 Å². The minimum absolute atomic E-state index is 0.00926. The molecule has 3 aliphatic rings. The molecule has 1 aliphatic carbocycles. The number of benzene rings is 1. The van der Waals surface area contributed by atoms with Crippen molar-refractivity contribution in [1.29, 1.82) is 5.41 Å². The lowest BCUT2D eigenvalue weighted by Crippen LogP contribution is -2.35. The summed E-state index contributed by atoms with van der Waals surface area (Å²) >= 11 is 0. The summed E-state index contributed by atoms with van der Waals surface area (Å²) < 4.78 is 17.0. The van der Waals surface area contributed by atoms with Gasteiger partial charge in [0.1, 0.15) is 5.82 Å². The Morgan fingerprint density at radius 1 is 1.35 bits per heavy atom. The highest BCUT2D eigenvalue weighted by Crippen LogP contribution is 2.38. The van der Waals surface area contributed by atoms with Crippen LogP contribution in [0, 0.1) is 11.2 Å². The van der Waals surface area contributed by atoms with Crippen molar-refractivity contribution < 1.29 is 4.39 Å². The maximum atomic E-state index is 14.9. The molecule has 10 nitrogen and oxygen atoms in total. The second-order valence-corrected chi connectivity index (χ2v) is 9.15. The molecular formula is C26H29FN10. The quantitative estimate of drug-likeness (QED) is 0.170. The molecule has 37 heavy (non-hydrogen) atoms. The van der Waals surface area contributed by atoms with Gasteiger partial charge in [-0.3, -0.25) is 10.4 Å². The van der Waals surface area contributed by atoms with Crippen LogP contribution >= 0.6 is 0 Å². The van der Waals surface area contributed by atoms with Gasteiger partial charge in [-0.05, 0) is 37.8 Å². The fourth-order valence-corrected chi connectivity index (χ4v) is 4.79. The van der Waals surface area contributed by atoms with Crippen LogP contribution in [0.4, 0.5) is 4.39 Å². The van der Waals surface area contributed by atoms with Crippen LogP contribution in [-0.4, -0.2) is 45.9 Å². The summed E-state index contributed by atoms with van der Waals surface area (Å²) in [6.07, 6.45) is 7.49. The van der Waals surface area contributed by atoms with E-state index in [4.69, 9.17) is 21.2 Å². The molecule has 0 saturated heterocycles. The van der Waals surface area contributed by atoms with Crippen molar-refractivity contribution in [3.05, 3.63) is 76.9 Å². The minimum atomic E-state index is -0.615. The van der Waals surface area contributed by atoms with Crippen molar-refractivity contribution in [3.63, 3.8) is 0 Å². The first-order valence-corrected chi connectivity index (χ1v) is 12.2. The van der Waals surface area contributed by atoms with E-state index in [9.17, 15) is 4.39 Å². The average Bonchev–Trinajstić information content (AvgIpc) is 3.47. The van der Waals surface area contributed by atoms with Gasteiger partial charge in [0.25, 0.3) is 0 Å². The van der Waals surface area contributed by atoms with Crippen molar-refractivity contribution in [2.45, 2.75) is 38.6 Å². The highest BCUT2D eigenvalue weighted by Gasteiger charge is 2.32. The van der Waals surface area contributed by atoms with Crippen molar-refractivity contribution >= 4 is 28.9 Å². The number of amidine groups is 2. The second kappa shape index (κ2) is 9.57. The third-order valence-electron chi connectivity index (χ3n) is 6.99. The predicted octanol–water partition coefficient (Wildman–Crippen LogP) is 4.49. The zero-order valence-corrected chi connectivity index (χ0v) is 20.9. The summed E-state index contributed by atoms with van der Waals surface area (Å²) in [7, 11) is 1.91. The zero-order valence-electron chi connectivity index (χ0n) is 20.9. The molecule has 11 heteroatoms. The molecular weight excluding hydrogens is 471 g/mol. The van der Waals surface area contributed by atoms with Gasteiger partial charge < -0.3 is 20.6 Å². The van der Waals surface area contributed by atoms with Gasteiger partial charge in [0, 0.05) is 36.6 Å². The van der Waals surface area contributed by atoms with Crippen LogP contribution in [0.2, 0.25) is 0 Å². The summed E-state index contributed by atoms with van der Waals surface area (Å²) in [5.41, 5.74) is 5.16. The summed E-state index contributed by atoms with van der Waals surface area (Å²) in [5.74, 6) is 5.33. The van der Waals surface area contributed by atoms with Crippen molar-refractivity contribution in [2.75, 3.05) is 13.6 Å². The standard InChI is InChI=1S/C26H29FN10/c1-5-18-15(3)36(4)25(33-23(18)14(2)31-16-9-10-30-13-16)26-32-21-12-20(27)19(24(28)34-35-29)11-22(21)37(26)17-7-6-8-17/h9,11-13,17,31H,2-3,5-8,10H2,1,4H3,(H3,28,29,34). The molecule has 1 saturated carbocycles. The first-order valence-electron chi connectivity index (χ1n) is 12.2. The van der Waals surface area contributed by atoms with Crippen LogP contribution in [0.1, 0.15) is 50.0 Å². The number of nitrogens with zero attached hydrogens (tertiary/aromatic N) is 7. The Balaban J connectivity index is 1.67. The Morgan fingerprint density at radius 3 is 2.76 bits per heavy atom. The number of rotatable bonds is 7. The monoisotopic (exact) mass is 500 g/mol. The van der Waals surface area contributed by atoms with Gasteiger partial charge in [-0.2, -0.15) is 0 Å². The molecule has 2 aliphatic heterocycles. The highest BCUT2D eigenvalue weighted by atomic mass is 19.1. The molecule has 5 rings (SSSR count). The number of imidazole rings is 1. The van der Waals surface area contributed by atoms with Gasteiger partial charge in [0.15, 0.2) is 17.5 Å². The van der Waals surface area contributed by atoms with Gasteiger partial charge >= 0.3 is 0 Å². The normalized spacial score (nSPS) is 18.0. The molecule has 1 aromatic carbocycles. The van der Waals surface area contributed by atoms with Crippen LogP contribution < -0.4 is 11.2 Å². The van der Waals surface area contributed by atoms with E-state index in [2.05, 4.69) is 45.3 Å². The largest absolute Gasteiger partial charge is 0.353 e. The molecule has 2 aromatic rings. The van der Waals surface area contributed by atoms with E-state index >= 15 is 0 Å². The van der Waals surface area contributed by atoms with E-state index in [0.29, 0.717) is 47.1 Å². The van der Waals surface area contributed by atoms with Crippen LogP contribution in [-0.2, 0) is 0 Å². The molecule has 0 amide bonds. The van der Waals surface area contributed by atoms with E-state index in [1.54, 1.807) is 12.3 Å². The first-order chi connectivity index (χ1) is 17.8. The van der Waals surface area contributed by atoms with Crippen molar-refractivity contribution in [2.24, 2.45) is 26.2 Å². The molecule has 0 spiro atoms. The number of nitrogens with one attached hydrogen (secondary N) is 2. The lowest BCUT2D eigenvalue weighted by molar-refractivity contribution is 0.318. The average molecular weight is 501 g/mol. The summed E-state index contributed by atoms with van der Waals surface area (Å²) in [4.78, 5) is 16.0. The van der Waals surface area contributed by atoms with E-state index < -0.39 is 5.82 Å². The predicted molar refractivity (Wildman–Crippen MR) is 143 cm³/mol. The number of aromatic nitrogens is 2. The molecule has 3 heterocycles. The number of aliphatic imine (C=N–C) groups is 2. The van der Waals surface area contributed by atoms with Crippen molar-refractivity contribution in [3.8, 4) is 0 Å². The number of halogens is 1. The minimum Gasteiger partial charge on any atom is -0.353 e. The number of hydrogen-bond acceptors (Lipinski definition) is 7. The van der Waals surface area contributed by atoms with Crippen LogP contribution in [0.5, 0.6) is 0 Å². The lowest BCUT2D eigenvalue weighted by atomic mass is 9.92. The maximum Gasteiger partial charge on any atom is 0.179 e. The fourth-order valence-electron chi connectivity index (χ4n) is 4.79. The van der Waals surface area contributed by atoms with Crippen LogP contribution in [0.15, 0.2) is 80.1 Å². The van der Waals surface area contributed by atoms with E-state index in [-0.39, 0.29) is 17.4 Å². The third-order valence-corrected chi connectivity index (χ3v) is 6.99. The SMILES string of the molecule is C=C(NC1=CCN=C1)C1=C(CC)C(=C)N(C)C(c2nc3cc(F)c(C(=N)N=NN)cc3n2C2CCC2)=N1. The van der Waals surface area contributed by atoms with Gasteiger partial charge in [0.2, 0.25) is 0 Å². The van der Waals surface area contributed by atoms with Gasteiger partial charge in [-0.15, -0.1) is 5.11 Å². The summed E-state index contributed by atoms with van der Waals surface area (Å²) in [6, 6.07) is 3.09. The molecule has 1 aromatic heterocycles. The van der Waals surface area contributed by atoms with E-state index in [1.165, 1.54) is 6.07 Å². The second-order valence-electron chi connectivity index (χ2n) is 9.15. The number of hydrogen-bond donors (Lipinski definition) is 3. The molecule has 1 fully saturated rings. The summed E-state index contributed by atoms with van der Waals surface area (Å²) in [5, 5.41) is 18.0. The molecule has 0 radical (unpaired) electrons. The number of fused-ring (bicyclic) bond motifs is 1. The molecule has 190 valence electrons. The fraction of sp³-hybridized carbons (Fsp3) is 0.308. The molecule has 0 atom stereocenters. The maximum absolute atomic E-state index is 14.9. The Morgan fingerprint density at radius 2 is 2.14 bits per heavy atom. The molecule has 0 unspecified atom stereocenters. The molecule has 0 bridgehead atoms. The number of likely N-dealkylation sites (N-methyl/N-ethyl adjacent to an activating group) is 1. The smallest absolute Gasteiger partial charge is 0.179 e. The Kier molecular flexibility index (Phi) is 6.28.